The summed E-state index contributed by atoms with van der Waals surface area (Å²) >= 11 is 0.0291. The van der Waals surface area contributed by atoms with Gasteiger partial charge >= 0.3 is 0 Å². The zero-order valence-corrected chi connectivity index (χ0v) is 12.1. The van der Waals surface area contributed by atoms with Gasteiger partial charge < -0.3 is 4.23 Å². The molecular weight excluding hydrogens is 202 g/mol. The number of thiol groups is 1. The summed E-state index contributed by atoms with van der Waals surface area (Å²) in [5.41, 5.74) is 0. The Morgan fingerprint density at radius 2 is 1.25 bits per heavy atom. The molecule has 1 aliphatic rings. The van der Waals surface area contributed by atoms with Gasteiger partial charge in [-0.1, -0.05) is 0 Å². The van der Waals surface area contributed by atoms with Crippen LogP contribution in [0.25, 0.3) is 0 Å². The maximum Gasteiger partial charge on any atom is 0.190 e. The van der Waals surface area contributed by atoms with Crippen molar-refractivity contribution in [1.82, 2.24) is 12.2 Å². The van der Waals surface area contributed by atoms with Crippen LogP contribution in [0.1, 0.15) is 0 Å². The Morgan fingerprint density at radius 1 is 0.917 bits per heavy atom. The predicted molar refractivity (Wildman–Crippen MR) is 64.2 cm³/mol. The number of nitrogens with zero attached hydrogens (tertiary/aromatic N) is 3. The molecule has 2 atom stereocenters. The van der Waals surface area contributed by atoms with Crippen LogP contribution in [0.15, 0.2) is 0 Å². The minimum Gasteiger partial charge on any atom is -0.328 e. The lowest BCUT2D eigenvalue weighted by atomic mass is 11.6. The van der Waals surface area contributed by atoms with Gasteiger partial charge in [0.2, 0.25) is 0 Å². The molecule has 6 heteroatoms. The Kier molecular flexibility index (Phi) is 3.41. The Morgan fingerprint density at radius 3 is 1.58 bits per heavy atom. The van der Waals surface area contributed by atoms with E-state index >= 15 is 0 Å². The molecule has 0 spiro atoms. The van der Waals surface area contributed by atoms with E-state index in [0.29, 0.717) is 0 Å². The fourth-order valence-corrected chi connectivity index (χ4v) is 13.6. The topological polar surface area (TPSA) is 9.72 Å². The van der Waals surface area contributed by atoms with E-state index in [1.54, 1.807) is 0 Å². The molecule has 0 aliphatic carbocycles. The molecule has 0 bridgehead atoms. The van der Waals surface area contributed by atoms with Crippen LogP contribution in [0.3, 0.4) is 0 Å². The highest BCUT2D eigenvalue weighted by Gasteiger charge is 2.34. The minimum atomic E-state index is -0.721. The summed E-state index contributed by atoms with van der Waals surface area (Å²) < 4.78 is 7.90. The van der Waals surface area contributed by atoms with Gasteiger partial charge in [-0.25, -0.2) is 0 Å². The van der Waals surface area contributed by atoms with Crippen molar-refractivity contribution in [2.45, 2.75) is 13.1 Å². The van der Waals surface area contributed by atoms with Crippen molar-refractivity contribution >= 4 is 29.5 Å². The second kappa shape index (κ2) is 3.81. The molecule has 0 radical (unpaired) electrons. The van der Waals surface area contributed by atoms with Gasteiger partial charge in [0.05, 0.1) is 0 Å². The van der Waals surface area contributed by atoms with Crippen molar-refractivity contribution in [1.29, 1.82) is 0 Å². The average Bonchev–Trinajstić information content (AvgIpc) is 2.08. The third kappa shape index (κ3) is 1.64. The van der Waals surface area contributed by atoms with Crippen LogP contribution in [-0.4, -0.2) is 57.8 Å². The Hall–Kier alpha value is 0.664. The summed E-state index contributed by atoms with van der Waals surface area (Å²) in [6.07, 6.45) is 2.38. The Labute approximate surface area is 82.5 Å². The van der Waals surface area contributed by atoms with Crippen molar-refractivity contribution in [3.8, 4) is 0 Å². The molecule has 3 nitrogen and oxygen atoms in total. The Balaban J connectivity index is 2.76. The molecule has 1 saturated heterocycles. The quantitative estimate of drug-likeness (QED) is 0.456. The molecule has 0 N–H and O–H groups in total. The van der Waals surface area contributed by atoms with Crippen LogP contribution in [0.4, 0.5) is 0 Å². The Bertz CT molecular complexity index is 112. The number of rotatable bonds is 0. The number of hydrogen-bond acceptors (Lipinski definition) is 3. The van der Waals surface area contributed by atoms with E-state index in [1.807, 2.05) is 0 Å². The monoisotopic (exact) mass is 223 g/mol. The van der Waals surface area contributed by atoms with E-state index in [2.05, 4.69) is 52.7 Å². The van der Waals surface area contributed by atoms with Crippen LogP contribution in [-0.2, 0) is 0 Å². The van der Waals surface area contributed by atoms with Gasteiger partial charge in [0.15, 0.2) is 18.2 Å². The van der Waals surface area contributed by atoms with Gasteiger partial charge in [0.25, 0.3) is 0 Å². The van der Waals surface area contributed by atoms with Crippen molar-refractivity contribution in [2.75, 3.05) is 27.4 Å². The van der Waals surface area contributed by atoms with E-state index in [9.17, 15) is 0 Å². The molecular formula is C6H21N3SSi2. The zero-order valence-electron chi connectivity index (χ0n) is 8.94. The van der Waals surface area contributed by atoms with Gasteiger partial charge in [0.1, 0.15) is 0 Å². The molecule has 1 heterocycles. The van der Waals surface area contributed by atoms with Gasteiger partial charge in [-0.05, 0) is 40.5 Å². The molecule has 12 heavy (non-hydrogen) atoms. The smallest absolute Gasteiger partial charge is 0.190 e. The van der Waals surface area contributed by atoms with Crippen LogP contribution in [0.2, 0.25) is 13.1 Å². The highest BCUT2D eigenvalue weighted by atomic mass is 32.2. The van der Waals surface area contributed by atoms with E-state index in [1.165, 1.54) is 0 Å². The first-order valence-corrected chi connectivity index (χ1v) is 10.4. The summed E-state index contributed by atoms with van der Waals surface area (Å²) in [6.45, 7) is 4.88. The maximum atomic E-state index is 2.67. The maximum absolute atomic E-state index is 2.67. The van der Waals surface area contributed by atoms with Crippen LogP contribution in [0.5, 0.6) is 0 Å². The van der Waals surface area contributed by atoms with Crippen molar-refractivity contribution in [2.24, 2.45) is 0 Å². The van der Waals surface area contributed by atoms with Crippen LogP contribution in [0, 0.1) is 0 Å². The summed E-state index contributed by atoms with van der Waals surface area (Å²) in [5, 5.41) is 0. The molecule has 2 unspecified atom stereocenters. The standard InChI is InChI=1S/C6H21N3SSi2/c1-7-10(4)8(2)12(6)9(3)11(7)5/h10-12H,1-6H3. The molecule has 0 aromatic carbocycles. The van der Waals surface area contributed by atoms with Gasteiger partial charge in [-0.15, -0.1) is 0 Å². The zero-order chi connectivity index (χ0) is 9.46. The SMILES string of the molecule is CN1[SiH](C)N(C)[SH](C)N(C)[SiH]1C. The van der Waals surface area contributed by atoms with Crippen LogP contribution < -0.4 is 0 Å². The average molecular weight is 223 g/mol. The lowest BCUT2D eigenvalue weighted by molar-refractivity contribution is 0.597. The van der Waals surface area contributed by atoms with Crippen molar-refractivity contribution < 1.29 is 0 Å². The normalized spacial score (nSPS) is 45.0. The molecule has 1 rings (SSSR count). The summed E-state index contributed by atoms with van der Waals surface area (Å²) in [5.74, 6) is 0. The van der Waals surface area contributed by atoms with E-state index < -0.39 is 18.2 Å². The molecule has 1 fully saturated rings. The fraction of sp³-hybridized carbons (Fsp3) is 1.00. The van der Waals surface area contributed by atoms with E-state index in [4.69, 9.17) is 0 Å². The number of hydrogen-bond donors (Lipinski definition) is 1. The van der Waals surface area contributed by atoms with E-state index in [0.717, 1.165) is 0 Å². The highest BCUT2D eigenvalue weighted by molar-refractivity contribution is 8.14. The molecule has 0 amide bonds. The lowest BCUT2D eigenvalue weighted by Crippen LogP contribution is -2.62. The van der Waals surface area contributed by atoms with Gasteiger partial charge in [0, 0.05) is 0 Å². The third-order valence-electron chi connectivity index (χ3n) is 3.17. The summed E-state index contributed by atoms with van der Waals surface area (Å²) in [7, 11) is 5.44. The molecule has 0 aromatic heterocycles. The lowest BCUT2D eigenvalue weighted by Gasteiger charge is -2.52. The fourth-order valence-electron chi connectivity index (χ4n) is 1.55. The summed E-state index contributed by atoms with van der Waals surface area (Å²) in [4.78, 5) is 0. The first kappa shape index (κ1) is 10.7. The molecule has 0 saturated carbocycles. The third-order valence-corrected chi connectivity index (χ3v) is 16.1. The highest BCUT2D eigenvalue weighted by Crippen LogP contribution is 2.35. The second-order valence-electron chi connectivity index (χ2n) is 3.57. The molecule has 74 valence electrons. The second-order valence-corrected chi connectivity index (χ2v) is 13.0. The first-order chi connectivity index (χ1) is 5.46. The molecule has 0 aromatic rings. The van der Waals surface area contributed by atoms with Gasteiger partial charge in [-0.2, -0.15) is 11.3 Å². The minimum absolute atomic E-state index is 0.0291. The van der Waals surface area contributed by atoms with E-state index in [-0.39, 0.29) is 11.3 Å². The predicted octanol–water partition coefficient (Wildman–Crippen LogP) is -0.0430. The molecule has 1 aliphatic heterocycles. The van der Waals surface area contributed by atoms with Crippen molar-refractivity contribution in [3.63, 3.8) is 0 Å². The van der Waals surface area contributed by atoms with Crippen molar-refractivity contribution in [3.05, 3.63) is 0 Å². The first-order valence-electron chi connectivity index (χ1n) is 4.38. The van der Waals surface area contributed by atoms with Crippen LogP contribution >= 0.6 is 11.3 Å². The van der Waals surface area contributed by atoms with Gasteiger partial charge in [-0.3, -0.25) is 7.94 Å². The summed E-state index contributed by atoms with van der Waals surface area (Å²) in [6, 6.07) is 0. The largest absolute Gasteiger partial charge is 0.328 e.